The third-order valence-electron chi connectivity index (χ3n) is 4.26. The van der Waals surface area contributed by atoms with Gasteiger partial charge in [0, 0.05) is 16.7 Å². The van der Waals surface area contributed by atoms with Gasteiger partial charge in [0.1, 0.15) is 0 Å². The number of carbonyl (C=O) groups excluding carboxylic acids is 2. The number of benzene rings is 1. The summed E-state index contributed by atoms with van der Waals surface area (Å²) >= 11 is 1.66. The molecule has 0 aliphatic carbocycles. The summed E-state index contributed by atoms with van der Waals surface area (Å²) in [6.07, 6.45) is 1.82. The van der Waals surface area contributed by atoms with Crippen molar-refractivity contribution in [2.24, 2.45) is 0 Å². The maximum absolute atomic E-state index is 12.6. The molecular weight excluding hydrogens is 376 g/mol. The normalized spacial score (nSPS) is 11.0. The monoisotopic (exact) mass is 398 g/mol. The van der Waals surface area contributed by atoms with E-state index >= 15 is 0 Å². The summed E-state index contributed by atoms with van der Waals surface area (Å²) in [6.45, 7) is 3.64. The van der Waals surface area contributed by atoms with Gasteiger partial charge in [-0.1, -0.05) is 24.3 Å². The Bertz CT molecular complexity index is 1040. The highest BCUT2D eigenvalue weighted by Crippen LogP contribution is 2.15. The second kappa shape index (κ2) is 8.79. The van der Waals surface area contributed by atoms with Crippen molar-refractivity contribution < 1.29 is 9.59 Å². The van der Waals surface area contributed by atoms with Gasteiger partial charge in [0.15, 0.2) is 5.69 Å². The zero-order valence-corrected chi connectivity index (χ0v) is 16.6. The average Bonchev–Trinajstić information content (AvgIpc) is 3.20. The smallest absolute Gasteiger partial charge is 0.273 e. The van der Waals surface area contributed by atoms with Crippen LogP contribution < -0.4 is 16.4 Å². The lowest BCUT2D eigenvalue weighted by Crippen LogP contribution is -2.42. The molecule has 0 spiro atoms. The molecule has 0 bridgehead atoms. The summed E-state index contributed by atoms with van der Waals surface area (Å²) in [5, 5.41) is 7.09. The average molecular weight is 398 g/mol. The third-order valence-corrected chi connectivity index (χ3v) is 5.19. The molecule has 2 amide bonds. The first-order valence-corrected chi connectivity index (χ1v) is 9.98. The molecule has 0 saturated carbocycles. The van der Waals surface area contributed by atoms with Crippen molar-refractivity contribution in [2.75, 3.05) is 0 Å². The van der Waals surface area contributed by atoms with Crippen LogP contribution in [0.2, 0.25) is 0 Å². The van der Waals surface area contributed by atoms with Crippen LogP contribution in [0.1, 0.15) is 48.1 Å². The topological polar surface area (TPSA) is 93.1 Å². The first-order chi connectivity index (χ1) is 13.5. The molecule has 0 fully saturated rings. The number of carbonyl (C=O) groups is 2. The van der Waals surface area contributed by atoms with Gasteiger partial charge in [0.25, 0.3) is 11.5 Å². The predicted octanol–water partition coefficient (Wildman–Crippen LogP) is 2.82. The molecule has 0 saturated heterocycles. The molecular formula is C20H22N4O3S. The Morgan fingerprint density at radius 3 is 2.54 bits per heavy atom. The molecule has 0 aliphatic rings. The molecule has 3 rings (SSSR count). The third kappa shape index (κ3) is 4.45. The fraction of sp³-hybridized carbons (Fsp3) is 0.300. The Labute approximate surface area is 166 Å². The summed E-state index contributed by atoms with van der Waals surface area (Å²) in [5.74, 6) is -0.830. The molecule has 2 heterocycles. The molecule has 0 radical (unpaired) electrons. The van der Waals surface area contributed by atoms with Crippen molar-refractivity contribution in [1.82, 2.24) is 20.6 Å². The van der Waals surface area contributed by atoms with E-state index in [0.717, 1.165) is 6.42 Å². The van der Waals surface area contributed by atoms with Crippen molar-refractivity contribution >= 4 is 33.9 Å². The zero-order valence-electron chi connectivity index (χ0n) is 15.8. The van der Waals surface area contributed by atoms with Gasteiger partial charge in [-0.3, -0.25) is 25.2 Å². The number of hydrogen-bond acceptors (Lipinski definition) is 5. The van der Waals surface area contributed by atoms with E-state index in [-0.39, 0.29) is 23.2 Å². The van der Waals surface area contributed by atoms with Gasteiger partial charge in [-0.2, -0.15) is 5.10 Å². The van der Waals surface area contributed by atoms with E-state index in [1.165, 1.54) is 9.56 Å². The number of aromatic nitrogens is 2. The van der Waals surface area contributed by atoms with E-state index < -0.39 is 5.91 Å². The lowest BCUT2D eigenvalue weighted by Gasteiger charge is -2.13. The molecule has 2 N–H and O–H groups in total. The first kappa shape index (κ1) is 19.8. The first-order valence-electron chi connectivity index (χ1n) is 9.10. The number of amides is 2. The van der Waals surface area contributed by atoms with Gasteiger partial charge < -0.3 is 0 Å². The van der Waals surface area contributed by atoms with E-state index in [0.29, 0.717) is 23.6 Å². The van der Waals surface area contributed by atoms with Crippen LogP contribution in [-0.4, -0.2) is 21.6 Å². The maximum Gasteiger partial charge on any atom is 0.290 e. The van der Waals surface area contributed by atoms with Gasteiger partial charge >= 0.3 is 0 Å². The highest BCUT2D eigenvalue weighted by atomic mass is 32.1. The van der Waals surface area contributed by atoms with E-state index in [2.05, 4.69) is 16.0 Å². The molecule has 3 aromatic rings. The summed E-state index contributed by atoms with van der Waals surface area (Å²) in [5.41, 5.74) is 4.68. The van der Waals surface area contributed by atoms with Crippen LogP contribution >= 0.6 is 11.3 Å². The summed E-state index contributed by atoms with van der Waals surface area (Å²) in [6, 6.07) is 10.6. The molecule has 2 aromatic heterocycles. The quantitative estimate of drug-likeness (QED) is 0.625. The Morgan fingerprint density at radius 2 is 1.86 bits per heavy atom. The minimum Gasteiger partial charge on any atom is -0.273 e. The number of aryl methyl sites for hydroxylation is 1. The second-order valence-electron chi connectivity index (χ2n) is 6.67. The number of thiophene rings is 1. The molecule has 1 aromatic carbocycles. The van der Waals surface area contributed by atoms with Crippen molar-refractivity contribution in [3.8, 4) is 0 Å². The highest BCUT2D eigenvalue weighted by molar-refractivity contribution is 7.09. The van der Waals surface area contributed by atoms with Gasteiger partial charge in [-0.05, 0) is 44.2 Å². The number of hydrogen-bond donors (Lipinski definition) is 2. The van der Waals surface area contributed by atoms with Crippen LogP contribution in [0.25, 0.3) is 10.8 Å². The van der Waals surface area contributed by atoms with Crippen molar-refractivity contribution in [3.63, 3.8) is 0 Å². The molecule has 0 unspecified atom stereocenters. The Morgan fingerprint density at radius 1 is 1.11 bits per heavy atom. The molecule has 0 atom stereocenters. The highest BCUT2D eigenvalue weighted by Gasteiger charge is 2.18. The number of rotatable bonds is 6. The van der Waals surface area contributed by atoms with Crippen LogP contribution in [0.4, 0.5) is 0 Å². The molecule has 0 aliphatic heterocycles. The van der Waals surface area contributed by atoms with E-state index in [9.17, 15) is 14.4 Å². The minimum atomic E-state index is -0.558. The lowest BCUT2D eigenvalue weighted by atomic mass is 10.1. The van der Waals surface area contributed by atoms with Gasteiger partial charge in [-0.15, -0.1) is 11.3 Å². The van der Waals surface area contributed by atoms with Crippen LogP contribution in [0.3, 0.4) is 0 Å². The number of hydrazine groups is 1. The van der Waals surface area contributed by atoms with Crippen molar-refractivity contribution in [1.29, 1.82) is 0 Å². The minimum absolute atomic E-state index is 0.0998. The molecule has 146 valence electrons. The van der Waals surface area contributed by atoms with Gasteiger partial charge in [0.2, 0.25) is 5.91 Å². The Kier molecular flexibility index (Phi) is 6.20. The standard InChI is InChI=1S/C20H22N4O3S/c1-13(2)24-20(27)16-10-4-3-9-15(16)18(23-24)19(26)22-21-17(25)11-5-7-14-8-6-12-28-14/h3-4,6,8-10,12-13H,5,7,11H2,1-2H3,(H,21,25)(H,22,26). The number of nitrogens with one attached hydrogen (secondary N) is 2. The Hall–Kier alpha value is -3.00. The lowest BCUT2D eigenvalue weighted by molar-refractivity contribution is -0.121. The van der Waals surface area contributed by atoms with Crippen molar-refractivity contribution in [2.45, 2.75) is 39.2 Å². The van der Waals surface area contributed by atoms with Crippen LogP contribution in [-0.2, 0) is 11.2 Å². The largest absolute Gasteiger partial charge is 0.290 e. The maximum atomic E-state index is 12.6. The number of fused-ring (bicyclic) bond motifs is 1. The molecule has 8 heteroatoms. The van der Waals surface area contributed by atoms with Gasteiger partial charge in [0.05, 0.1) is 11.4 Å². The Balaban J connectivity index is 1.68. The summed E-state index contributed by atoms with van der Waals surface area (Å²) in [4.78, 5) is 38.4. The predicted molar refractivity (Wildman–Crippen MR) is 109 cm³/mol. The SMILES string of the molecule is CC(C)n1nc(C(=O)NNC(=O)CCCc2cccs2)c2ccccc2c1=O. The van der Waals surface area contributed by atoms with Gasteiger partial charge in [-0.25, -0.2) is 4.68 Å². The van der Waals surface area contributed by atoms with E-state index in [1.807, 2.05) is 31.4 Å². The zero-order chi connectivity index (χ0) is 20.1. The summed E-state index contributed by atoms with van der Waals surface area (Å²) < 4.78 is 1.28. The second-order valence-corrected chi connectivity index (χ2v) is 7.71. The van der Waals surface area contributed by atoms with E-state index in [4.69, 9.17) is 0 Å². The fourth-order valence-electron chi connectivity index (χ4n) is 2.85. The molecule has 7 nitrogen and oxygen atoms in total. The van der Waals surface area contributed by atoms with E-state index in [1.54, 1.807) is 35.6 Å². The summed E-state index contributed by atoms with van der Waals surface area (Å²) in [7, 11) is 0. The van der Waals surface area contributed by atoms with Crippen molar-refractivity contribution in [3.05, 3.63) is 62.7 Å². The molecule has 28 heavy (non-hydrogen) atoms. The fourth-order valence-corrected chi connectivity index (χ4v) is 3.60. The number of nitrogens with zero attached hydrogens (tertiary/aromatic N) is 2. The van der Waals surface area contributed by atoms with Crippen LogP contribution in [0.5, 0.6) is 0 Å². The van der Waals surface area contributed by atoms with Crippen LogP contribution in [0.15, 0.2) is 46.6 Å². The van der Waals surface area contributed by atoms with Crippen LogP contribution in [0, 0.1) is 0 Å².